The molecule has 114 valence electrons. The first-order valence-electron chi connectivity index (χ1n) is 6.71. The van der Waals surface area contributed by atoms with E-state index in [0.29, 0.717) is 11.2 Å². The van der Waals surface area contributed by atoms with Crippen molar-refractivity contribution >= 4 is 24.8 Å². The molecule has 1 aliphatic heterocycles. The van der Waals surface area contributed by atoms with E-state index in [9.17, 15) is 5.11 Å². The predicted molar refractivity (Wildman–Crippen MR) is 82.0 cm³/mol. The number of nitrogens with two attached hydrogens (primary N) is 2. The highest BCUT2D eigenvalue weighted by atomic mass is 16.7. The highest BCUT2D eigenvalue weighted by molar-refractivity contribution is 6.55. The van der Waals surface area contributed by atoms with Crippen LogP contribution in [0.15, 0.2) is 11.7 Å². The van der Waals surface area contributed by atoms with E-state index in [-0.39, 0.29) is 18.2 Å². The van der Waals surface area contributed by atoms with Crippen molar-refractivity contribution in [2.75, 3.05) is 18.1 Å². The van der Waals surface area contributed by atoms with Crippen LogP contribution in [0.2, 0.25) is 0 Å². The summed E-state index contributed by atoms with van der Waals surface area (Å²) in [5, 5.41) is 9.58. The van der Waals surface area contributed by atoms with Crippen LogP contribution in [-0.2, 0) is 9.31 Å². The molecule has 1 aliphatic rings. The van der Waals surface area contributed by atoms with Crippen molar-refractivity contribution in [2.24, 2.45) is 0 Å². The fourth-order valence-corrected chi connectivity index (χ4v) is 1.87. The normalized spacial score (nSPS) is 20.8. The first-order chi connectivity index (χ1) is 9.66. The standard InChI is InChI=1S/C13H21BN4O3/c1-12(2)13(3,4)21-14(20-12)8(7-19)5-9-6-17-10(15)11(16)18-9/h5-6,19H,7H2,1-4H3,(H2,15,17)(H2,16,18). The molecule has 0 saturated carbocycles. The second kappa shape index (κ2) is 5.29. The largest absolute Gasteiger partial charge is 0.492 e. The maximum atomic E-state index is 9.58. The van der Waals surface area contributed by atoms with Gasteiger partial charge in [0.05, 0.1) is 29.7 Å². The van der Waals surface area contributed by atoms with Gasteiger partial charge in [-0.3, -0.25) is 0 Å². The topological polar surface area (TPSA) is 117 Å². The Morgan fingerprint density at radius 1 is 1.24 bits per heavy atom. The van der Waals surface area contributed by atoms with Crippen LogP contribution in [0, 0.1) is 0 Å². The smallest absolute Gasteiger partial charge is 0.400 e. The molecule has 21 heavy (non-hydrogen) atoms. The lowest BCUT2D eigenvalue weighted by atomic mass is 9.78. The fourth-order valence-electron chi connectivity index (χ4n) is 1.87. The Kier molecular flexibility index (Phi) is 3.96. The van der Waals surface area contributed by atoms with Gasteiger partial charge in [0, 0.05) is 0 Å². The van der Waals surface area contributed by atoms with E-state index < -0.39 is 18.3 Å². The first kappa shape index (κ1) is 15.7. The van der Waals surface area contributed by atoms with Crippen LogP contribution in [0.3, 0.4) is 0 Å². The molecule has 0 spiro atoms. The molecule has 0 amide bonds. The Morgan fingerprint density at radius 3 is 2.29 bits per heavy atom. The van der Waals surface area contributed by atoms with E-state index in [2.05, 4.69) is 9.97 Å². The third-order valence-electron chi connectivity index (χ3n) is 3.92. The van der Waals surface area contributed by atoms with Gasteiger partial charge < -0.3 is 25.9 Å². The van der Waals surface area contributed by atoms with E-state index >= 15 is 0 Å². The van der Waals surface area contributed by atoms with Gasteiger partial charge in [-0.15, -0.1) is 0 Å². The lowest BCUT2D eigenvalue weighted by Gasteiger charge is -2.32. The van der Waals surface area contributed by atoms with Crippen LogP contribution in [0.4, 0.5) is 11.6 Å². The van der Waals surface area contributed by atoms with Crippen molar-refractivity contribution in [2.45, 2.75) is 38.9 Å². The van der Waals surface area contributed by atoms with Crippen molar-refractivity contribution in [1.82, 2.24) is 9.97 Å². The molecule has 0 unspecified atom stereocenters. The number of anilines is 2. The van der Waals surface area contributed by atoms with Gasteiger partial charge >= 0.3 is 7.12 Å². The molecular weight excluding hydrogens is 271 g/mol. The number of nitrogens with zero attached hydrogens (tertiary/aromatic N) is 2. The molecule has 2 rings (SSSR count). The average molecular weight is 292 g/mol. The Balaban J connectivity index is 2.28. The van der Waals surface area contributed by atoms with Crippen molar-refractivity contribution in [3.63, 3.8) is 0 Å². The lowest BCUT2D eigenvalue weighted by molar-refractivity contribution is 0.00578. The molecule has 5 N–H and O–H groups in total. The predicted octanol–water partition coefficient (Wildman–Crippen LogP) is 0.648. The van der Waals surface area contributed by atoms with Gasteiger partial charge in [0.15, 0.2) is 11.6 Å². The molecule has 2 heterocycles. The fraction of sp³-hybridized carbons (Fsp3) is 0.538. The van der Waals surface area contributed by atoms with E-state index in [1.807, 2.05) is 27.7 Å². The molecule has 0 bridgehead atoms. The zero-order valence-corrected chi connectivity index (χ0v) is 12.8. The van der Waals surface area contributed by atoms with Gasteiger partial charge in [0.2, 0.25) is 0 Å². The number of hydrogen-bond donors (Lipinski definition) is 3. The SMILES string of the molecule is CC1(C)OB(C(=Cc2cnc(N)c(N)n2)CO)OC1(C)C. The van der Waals surface area contributed by atoms with Gasteiger partial charge in [-0.1, -0.05) is 0 Å². The van der Waals surface area contributed by atoms with Gasteiger partial charge in [-0.2, -0.15) is 0 Å². The number of rotatable bonds is 3. The monoisotopic (exact) mass is 292 g/mol. The van der Waals surface area contributed by atoms with Crippen molar-refractivity contribution in [1.29, 1.82) is 0 Å². The average Bonchev–Trinajstić information content (AvgIpc) is 2.59. The van der Waals surface area contributed by atoms with Gasteiger partial charge in [-0.25, -0.2) is 9.97 Å². The number of hydrogen-bond acceptors (Lipinski definition) is 7. The number of nitrogen functional groups attached to an aromatic ring is 2. The van der Waals surface area contributed by atoms with Crippen LogP contribution in [0.5, 0.6) is 0 Å². The second-order valence-corrected chi connectivity index (χ2v) is 6.03. The third-order valence-corrected chi connectivity index (χ3v) is 3.92. The lowest BCUT2D eigenvalue weighted by Crippen LogP contribution is -2.41. The summed E-state index contributed by atoms with van der Waals surface area (Å²) in [5.41, 5.74) is 11.2. The third kappa shape index (κ3) is 3.02. The van der Waals surface area contributed by atoms with Gasteiger partial charge in [-0.05, 0) is 39.2 Å². The molecule has 0 aromatic carbocycles. The summed E-state index contributed by atoms with van der Waals surface area (Å²) in [5.74, 6) is 0.322. The zero-order chi connectivity index (χ0) is 15.8. The summed E-state index contributed by atoms with van der Waals surface area (Å²) in [4.78, 5) is 8.03. The Morgan fingerprint density at radius 2 is 1.81 bits per heavy atom. The molecule has 7 nitrogen and oxygen atoms in total. The molecule has 1 saturated heterocycles. The number of aliphatic hydroxyl groups excluding tert-OH is 1. The van der Waals surface area contributed by atoms with Gasteiger partial charge in [0.1, 0.15) is 0 Å². The molecule has 0 aliphatic carbocycles. The summed E-state index contributed by atoms with van der Waals surface area (Å²) in [6.07, 6.45) is 3.12. The summed E-state index contributed by atoms with van der Waals surface area (Å²) in [6, 6.07) is 0. The Bertz CT molecular complexity index is 559. The highest BCUT2D eigenvalue weighted by Crippen LogP contribution is 2.38. The van der Waals surface area contributed by atoms with Crippen LogP contribution >= 0.6 is 0 Å². The van der Waals surface area contributed by atoms with Crippen LogP contribution in [-0.4, -0.2) is 40.0 Å². The minimum Gasteiger partial charge on any atom is -0.400 e. The number of aliphatic hydroxyl groups is 1. The summed E-state index contributed by atoms with van der Waals surface area (Å²) in [7, 11) is -0.638. The molecule has 1 aromatic heterocycles. The molecule has 1 aromatic rings. The van der Waals surface area contributed by atoms with E-state index in [4.69, 9.17) is 20.8 Å². The minimum absolute atomic E-state index is 0.148. The maximum Gasteiger partial charge on any atom is 0.492 e. The zero-order valence-electron chi connectivity index (χ0n) is 12.8. The van der Waals surface area contributed by atoms with Crippen LogP contribution in [0.25, 0.3) is 6.08 Å². The van der Waals surface area contributed by atoms with E-state index in [0.717, 1.165) is 0 Å². The van der Waals surface area contributed by atoms with Crippen LogP contribution < -0.4 is 11.5 Å². The summed E-state index contributed by atoms with van der Waals surface area (Å²) >= 11 is 0. The summed E-state index contributed by atoms with van der Waals surface area (Å²) < 4.78 is 11.8. The van der Waals surface area contributed by atoms with Crippen molar-refractivity contribution in [3.8, 4) is 0 Å². The number of aromatic nitrogens is 2. The second-order valence-electron chi connectivity index (χ2n) is 6.03. The molecular formula is C13H21BN4O3. The quantitative estimate of drug-likeness (QED) is 0.700. The molecule has 8 heteroatoms. The van der Waals surface area contributed by atoms with Crippen molar-refractivity contribution < 1.29 is 14.4 Å². The van der Waals surface area contributed by atoms with Gasteiger partial charge in [0.25, 0.3) is 0 Å². The van der Waals surface area contributed by atoms with Crippen LogP contribution in [0.1, 0.15) is 33.4 Å². The maximum absolute atomic E-state index is 9.58. The molecule has 1 fully saturated rings. The molecule has 0 radical (unpaired) electrons. The summed E-state index contributed by atoms with van der Waals surface area (Å²) in [6.45, 7) is 7.57. The van der Waals surface area contributed by atoms with E-state index in [1.54, 1.807) is 6.08 Å². The Labute approximate surface area is 124 Å². The first-order valence-corrected chi connectivity index (χ1v) is 6.71. The molecule has 0 atom stereocenters. The Hall–Kier alpha value is -1.64. The van der Waals surface area contributed by atoms with Crippen molar-refractivity contribution in [3.05, 3.63) is 17.4 Å². The minimum atomic E-state index is -0.638. The van der Waals surface area contributed by atoms with E-state index in [1.165, 1.54) is 6.20 Å². The highest BCUT2D eigenvalue weighted by Gasteiger charge is 2.52.